The molecule has 96 valence electrons. The fourth-order valence-electron chi connectivity index (χ4n) is 1.97. The molecule has 1 N–H and O–H groups in total. The van der Waals surface area contributed by atoms with Gasteiger partial charge in [-0.15, -0.1) is 0 Å². The third-order valence-electron chi connectivity index (χ3n) is 2.89. The summed E-state index contributed by atoms with van der Waals surface area (Å²) in [7, 11) is 0. The highest BCUT2D eigenvalue weighted by Crippen LogP contribution is 2.14. The SMILES string of the molecule is Cc1nc(CNCc2ccc3cnccc3c2)no1. The number of nitrogens with one attached hydrogen (secondary N) is 1. The van der Waals surface area contributed by atoms with E-state index in [4.69, 9.17) is 4.52 Å². The number of fused-ring (bicyclic) bond motifs is 1. The minimum absolute atomic E-state index is 0.593. The second kappa shape index (κ2) is 5.16. The molecular formula is C14H14N4O. The van der Waals surface area contributed by atoms with Gasteiger partial charge in [0.1, 0.15) is 0 Å². The molecule has 3 rings (SSSR count). The Morgan fingerprint density at radius 1 is 1.16 bits per heavy atom. The fraction of sp³-hybridized carbons (Fsp3) is 0.214. The number of aromatic nitrogens is 3. The van der Waals surface area contributed by atoms with E-state index in [-0.39, 0.29) is 0 Å². The van der Waals surface area contributed by atoms with Gasteiger partial charge in [-0.2, -0.15) is 4.98 Å². The lowest BCUT2D eigenvalue weighted by Crippen LogP contribution is -2.13. The molecular weight excluding hydrogens is 240 g/mol. The molecule has 0 unspecified atom stereocenters. The predicted molar refractivity (Wildman–Crippen MR) is 71.3 cm³/mol. The molecule has 0 fully saturated rings. The summed E-state index contributed by atoms with van der Waals surface area (Å²) in [6.07, 6.45) is 3.68. The molecule has 0 radical (unpaired) electrons. The summed E-state index contributed by atoms with van der Waals surface area (Å²) < 4.78 is 4.92. The molecule has 5 nitrogen and oxygen atoms in total. The Hall–Kier alpha value is -2.27. The molecule has 2 heterocycles. The zero-order valence-electron chi connectivity index (χ0n) is 10.6. The minimum atomic E-state index is 0.593. The Bertz CT molecular complexity index is 692. The highest BCUT2D eigenvalue weighted by Gasteiger charge is 2.01. The summed E-state index contributed by atoms with van der Waals surface area (Å²) in [6, 6.07) is 8.35. The molecule has 0 aliphatic heterocycles. The van der Waals surface area contributed by atoms with Gasteiger partial charge in [0.2, 0.25) is 5.89 Å². The first-order chi connectivity index (χ1) is 9.31. The Balaban J connectivity index is 1.65. The summed E-state index contributed by atoms with van der Waals surface area (Å²) >= 11 is 0. The maximum atomic E-state index is 4.92. The van der Waals surface area contributed by atoms with Gasteiger partial charge in [-0.25, -0.2) is 0 Å². The summed E-state index contributed by atoms with van der Waals surface area (Å²) in [5.41, 5.74) is 1.22. The number of aryl methyl sites for hydroxylation is 1. The Morgan fingerprint density at radius 3 is 2.95 bits per heavy atom. The first kappa shape index (κ1) is 11.8. The van der Waals surface area contributed by atoms with Gasteiger partial charge in [0.25, 0.3) is 0 Å². The molecule has 0 spiro atoms. The first-order valence-electron chi connectivity index (χ1n) is 6.14. The van der Waals surface area contributed by atoms with Crippen LogP contribution in [0.1, 0.15) is 17.3 Å². The number of hydrogen-bond donors (Lipinski definition) is 1. The van der Waals surface area contributed by atoms with E-state index in [2.05, 4.69) is 38.6 Å². The second-order valence-corrected chi connectivity index (χ2v) is 4.39. The van der Waals surface area contributed by atoms with E-state index in [0.717, 1.165) is 11.9 Å². The van der Waals surface area contributed by atoms with Gasteiger partial charge in [0, 0.05) is 31.2 Å². The van der Waals surface area contributed by atoms with Crippen molar-refractivity contribution in [3.8, 4) is 0 Å². The summed E-state index contributed by atoms with van der Waals surface area (Å²) in [5, 5.41) is 9.49. The topological polar surface area (TPSA) is 63.8 Å². The number of benzene rings is 1. The van der Waals surface area contributed by atoms with Crippen molar-refractivity contribution in [3.63, 3.8) is 0 Å². The van der Waals surface area contributed by atoms with E-state index >= 15 is 0 Å². The van der Waals surface area contributed by atoms with E-state index in [1.807, 2.05) is 18.5 Å². The molecule has 0 bridgehead atoms. The third-order valence-corrected chi connectivity index (χ3v) is 2.89. The van der Waals surface area contributed by atoms with Crippen LogP contribution in [0.2, 0.25) is 0 Å². The van der Waals surface area contributed by atoms with Crippen molar-refractivity contribution >= 4 is 10.8 Å². The van der Waals surface area contributed by atoms with Crippen LogP contribution >= 0.6 is 0 Å². The van der Waals surface area contributed by atoms with Gasteiger partial charge < -0.3 is 9.84 Å². The first-order valence-corrected chi connectivity index (χ1v) is 6.14. The molecule has 0 amide bonds. The van der Waals surface area contributed by atoms with Crippen molar-refractivity contribution in [3.05, 3.63) is 53.9 Å². The molecule has 0 saturated heterocycles. The van der Waals surface area contributed by atoms with Crippen LogP contribution in [0, 0.1) is 6.92 Å². The minimum Gasteiger partial charge on any atom is -0.340 e. The summed E-state index contributed by atoms with van der Waals surface area (Å²) in [5.74, 6) is 1.28. The molecule has 0 aliphatic carbocycles. The average molecular weight is 254 g/mol. The van der Waals surface area contributed by atoms with Crippen LogP contribution in [0.3, 0.4) is 0 Å². The van der Waals surface area contributed by atoms with Crippen LogP contribution in [0.4, 0.5) is 0 Å². The summed E-state index contributed by atoms with van der Waals surface area (Å²) in [4.78, 5) is 8.25. The molecule has 1 aromatic carbocycles. The largest absolute Gasteiger partial charge is 0.340 e. The van der Waals surface area contributed by atoms with E-state index < -0.39 is 0 Å². The van der Waals surface area contributed by atoms with Crippen molar-refractivity contribution in [1.29, 1.82) is 0 Å². The van der Waals surface area contributed by atoms with Crippen molar-refractivity contribution < 1.29 is 4.52 Å². The lowest BCUT2D eigenvalue weighted by Gasteiger charge is -2.04. The van der Waals surface area contributed by atoms with Gasteiger partial charge in [0.15, 0.2) is 5.82 Å². The molecule has 0 atom stereocenters. The monoisotopic (exact) mass is 254 g/mol. The summed E-state index contributed by atoms with van der Waals surface area (Å²) in [6.45, 7) is 3.16. The van der Waals surface area contributed by atoms with Gasteiger partial charge >= 0.3 is 0 Å². The smallest absolute Gasteiger partial charge is 0.223 e. The van der Waals surface area contributed by atoms with E-state index in [0.29, 0.717) is 18.3 Å². The van der Waals surface area contributed by atoms with Crippen LogP contribution in [0.5, 0.6) is 0 Å². The highest BCUT2D eigenvalue weighted by molar-refractivity contribution is 5.81. The van der Waals surface area contributed by atoms with Crippen molar-refractivity contribution in [2.45, 2.75) is 20.0 Å². The van der Waals surface area contributed by atoms with Gasteiger partial charge in [-0.3, -0.25) is 4.98 Å². The van der Waals surface area contributed by atoms with Crippen molar-refractivity contribution in [2.24, 2.45) is 0 Å². The Labute approximate surface area is 110 Å². The van der Waals surface area contributed by atoms with Crippen LogP contribution in [0.15, 0.2) is 41.2 Å². The number of nitrogens with zero attached hydrogens (tertiary/aromatic N) is 3. The second-order valence-electron chi connectivity index (χ2n) is 4.39. The van der Waals surface area contributed by atoms with Gasteiger partial charge in [-0.05, 0) is 23.1 Å². The normalized spacial score (nSPS) is 11.0. The van der Waals surface area contributed by atoms with Crippen LogP contribution < -0.4 is 5.32 Å². The van der Waals surface area contributed by atoms with Crippen LogP contribution in [0.25, 0.3) is 10.8 Å². The third kappa shape index (κ3) is 2.77. The van der Waals surface area contributed by atoms with Crippen LogP contribution in [-0.2, 0) is 13.1 Å². The molecule has 19 heavy (non-hydrogen) atoms. The zero-order valence-corrected chi connectivity index (χ0v) is 10.6. The van der Waals surface area contributed by atoms with E-state index in [1.165, 1.54) is 10.9 Å². The zero-order chi connectivity index (χ0) is 13.1. The van der Waals surface area contributed by atoms with Gasteiger partial charge in [-0.1, -0.05) is 17.3 Å². The molecule has 2 aromatic heterocycles. The predicted octanol–water partition coefficient (Wildman–Crippen LogP) is 2.22. The lowest BCUT2D eigenvalue weighted by atomic mass is 10.1. The number of pyridine rings is 1. The lowest BCUT2D eigenvalue weighted by molar-refractivity contribution is 0.385. The quantitative estimate of drug-likeness (QED) is 0.773. The number of hydrogen-bond acceptors (Lipinski definition) is 5. The molecule has 5 heteroatoms. The van der Waals surface area contributed by atoms with Gasteiger partial charge in [0.05, 0.1) is 6.54 Å². The number of rotatable bonds is 4. The Morgan fingerprint density at radius 2 is 2.11 bits per heavy atom. The molecule has 0 aliphatic rings. The fourth-order valence-corrected chi connectivity index (χ4v) is 1.97. The highest BCUT2D eigenvalue weighted by atomic mass is 16.5. The average Bonchev–Trinajstić information content (AvgIpc) is 2.84. The van der Waals surface area contributed by atoms with Crippen molar-refractivity contribution in [1.82, 2.24) is 20.4 Å². The van der Waals surface area contributed by atoms with E-state index in [1.54, 1.807) is 6.92 Å². The maximum Gasteiger partial charge on any atom is 0.223 e. The molecule has 0 saturated carbocycles. The van der Waals surface area contributed by atoms with Crippen LogP contribution in [-0.4, -0.2) is 15.1 Å². The Kier molecular flexibility index (Phi) is 3.20. The maximum absolute atomic E-state index is 4.92. The van der Waals surface area contributed by atoms with E-state index in [9.17, 15) is 0 Å². The molecule has 3 aromatic rings. The standard InChI is InChI=1S/C14H14N4O/c1-10-17-14(18-19-10)9-16-7-11-2-3-13-8-15-5-4-12(13)6-11/h2-6,8,16H,7,9H2,1H3. The van der Waals surface area contributed by atoms with Crippen molar-refractivity contribution in [2.75, 3.05) is 0 Å².